The Hall–Kier alpha value is -0.360. The Balaban J connectivity index is 1.93. The number of nitrogens with zero attached hydrogens (tertiary/aromatic N) is 2. The van der Waals surface area contributed by atoms with Crippen LogP contribution in [0.3, 0.4) is 0 Å². The van der Waals surface area contributed by atoms with Crippen LogP contribution in [0.25, 0.3) is 0 Å². The van der Waals surface area contributed by atoms with Gasteiger partial charge in [0.05, 0.1) is 9.77 Å². The highest BCUT2D eigenvalue weighted by Crippen LogP contribution is 2.10. The van der Waals surface area contributed by atoms with Gasteiger partial charge in [0.1, 0.15) is 0 Å². The van der Waals surface area contributed by atoms with Gasteiger partial charge in [0.2, 0.25) is 0 Å². The van der Waals surface area contributed by atoms with Crippen LogP contribution in [0.4, 0.5) is 0 Å². The molecule has 0 aromatic carbocycles. The SMILES string of the molecule is Ic1cnn(CCc2cccs2)c1. The van der Waals surface area contributed by atoms with Crippen LogP contribution in [0.5, 0.6) is 0 Å². The van der Waals surface area contributed by atoms with Crippen LogP contribution in [0, 0.1) is 3.57 Å². The fourth-order valence-corrected chi connectivity index (χ4v) is 2.28. The topological polar surface area (TPSA) is 17.8 Å². The van der Waals surface area contributed by atoms with Crippen molar-refractivity contribution in [2.24, 2.45) is 0 Å². The molecule has 4 heteroatoms. The molecule has 0 bridgehead atoms. The van der Waals surface area contributed by atoms with Crippen LogP contribution in [0.2, 0.25) is 0 Å². The first-order valence-corrected chi connectivity index (χ1v) is 6.01. The van der Waals surface area contributed by atoms with Crippen molar-refractivity contribution >= 4 is 33.9 Å². The van der Waals surface area contributed by atoms with E-state index >= 15 is 0 Å². The van der Waals surface area contributed by atoms with E-state index in [2.05, 4.69) is 51.4 Å². The summed E-state index contributed by atoms with van der Waals surface area (Å²) in [5.74, 6) is 0. The van der Waals surface area contributed by atoms with Gasteiger partial charge in [-0.25, -0.2) is 0 Å². The average molecular weight is 304 g/mol. The third-order valence-electron chi connectivity index (χ3n) is 1.77. The van der Waals surface area contributed by atoms with Crippen molar-refractivity contribution in [3.05, 3.63) is 38.4 Å². The van der Waals surface area contributed by atoms with Gasteiger partial charge in [0.15, 0.2) is 0 Å². The quantitative estimate of drug-likeness (QED) is 0.797. The number of thiophene rings is 1. The number of hydrogen-bond donors (Lipinski definition) is 0. The predicted molar refractivity (Wildman–Crippen MR) is 63.0 cm³/mol. The Labute approximate surface area is 94.7 Å². The zero-order chi connectivity index (χ0) is 9.10. The normalized spacial score (nSPS) is 10.5. The van der Waals surface area contributed by atoms with Crippen molar-refractivity contribution in [2.45, 2.75) is 13.0 Å². The summed E-state index contributed by atoms with van der Waals surface area (Å²) in [5, 5.41) is 6.34. The maximum atomic E-state index is 4.23. The Morgan fingerprint density at radius 1 is 1.54 bits per heavy atom. The molecular formula is C9H9IN2S. The standard InChI is InChI=1S/C9H9IN2S/c10-8-6-11-12(7-8)4-3-9-2-1-5-13-9/h1-2,5-7H,3-4H2. The lowest BCUT2D eigenvalue weighted by Crippen LogP contribution is -2.00. The van der Waals surface area contributed by atoms with Gasteiger partial charge in [-0.15, -0.1) is 11.3 Å². The number of aryl methyl sites for hydroxylation is 2. The van der Waals surface area contributed by atoms with E-state index < -0.39 is 0 Å². The summed E-state index contributed by atoms with van der Waals surface area (Å²) in [7, 11) is 0. The average Bonchev–Trinajstić information content (AvgIpc) is 2.71. The molecule has 0 aliphatic rings. The molecule has 0 saturated carbocycles. The summed E-state index contributed by atoms with van der Waals surface area (Å²) >= 11 is 4.08. The zero-order valence-electron chi connectivity index (χ0n) is 6.98. The zero-order valence-corrected chi connectivity index (χ0v) is 9.96. The van der Waals surface area contributed by atoms with Gasteiger partial charge in [-0.05, 0) is 34.0 Å². The van der Waals surface area contributed by atoms with Crippen LogP contribution in [-0.4, -0.2) is 9.78 Å². The lowest BCUT2D eigenvalue weighted by Gasteiger charge is -1.97. The van der Waals surface area contributed by atoms with E-state index in [4.69, 9.17) is 0 Å². The van der Waals surface area contributed by atoms with E-state index in [0.29, 0.717) is 0 Å². The molecule has 0 amide bonds. The highest BCUT2D eigenvalue weighted by Gasteiger charge is 1.96. The molecule has 0 atom stereocenters. The Morgan fingerprint density at radius 2 is 2.46 bits per heavy atom. The van der Waals surface area contributed by atoms with E-state index in [1.807, 2.05) is 10.9 Å². The first-order valence-electron chi connectivity index (χ1n) is 4.05. The van der Waals surface area contributed by atoms with E-state index in [9.17, 15) is 0 Å². The molecule has 0 fully saturated rings. The third kappa shape index (κ3) is 2.54. The molecule has 2 nitrogen and oxygen atoms in total. The minimum atomic E-state index is 0.976. The second-order valence-corrected chi connectivity index (χ2v) is 5.03. The molecule has 13 heavy (non-hydrogen) atoms. The largest absolute Gasteiger partial charge is 0.271 e. The van der Waals surface area contributed by atoms with Gasteiger partial charge < -0.3 is 0 Å². The molecule has 0 N–H and O–H groups in total. The van der Waals surface area contributed by atoms with E-state index in [1.165, 1.54) is 8.45 Å². The van der Waals surface area contributed by atoms with Gasteiger partial charge in [-0.1, -0.05) is 6.07 Å². The molecule has 0 radical (unpaired) electrons. The highest BCUT2D eigenvalue weighted by atomic mass is 127. The molecule has 2 heterocycles. The Kier molecular flexibility index (Phi) is 3.00. The van der Waals surface area contributed by atoms with Crippen LogP contribution < -0.4 is 0 Å². The Bertz CT molecular complexity index is 367. The van der Waals surface area contributed by atoms with E-state index in [1.54, 1.807) is 11.3 Å². The van der Waals surface area contributed by atoms with Gasteiger partial charge in [0.25, 0.3) is 0 Å². The van der Waals surface area contributed by atoms with Gasteiger partial charge >= 0.3 is 0 Å². The lowest BCUT2D eigenvalue weighted by molar-refractivity contribution is 0.618. The monoisotopic (exact) mass is 304 g/mol. The number of halogens is 1. The molecule has 2 aromatic rings. The van der Waals surface area contributed by atoms with Gasteiger partial charge in [-0.3, -0.25) is 4.68 Å². The molecule has 0 aliphatic heterocycles. The summed E-state index contributed by atoms with van der Waals surface area (Å²) in [6.07, 6.45) is 5.03. The molecule has 0 unspecified atom stereocenters. The van der Waals surface area contributed by atoms with Crippen molar-refractivity contribution < 1.29 is 0 Å². The van der Waals surface area contributed by atoms with E-state index in [-0.39, 0.29) is 0 Å². The molecule has 2 rings (SSSR count). The minimum Gasteiger partial charge on any atom is -0.271 e. The van der Waals surface area contributed by atoms with E-state index in [0.717, 1.165) is 13.0 Å². The smallest absolute Gasteiger partial charge is 0.0623 e. The second-order valence-electron chi connectivity index (χ2n) is 2.75. The van der Waals surface area contributed by atoms with Crippen molar-refractivity contribution in [3.8, 4) is 0 Å². The van der Waals surface area contributed by atoms with Crippen LogP contribution in [0.1, 0.15) is 4.88 Å². The summed E-state index contributed by atoms with van der Waals surface area (Å²) in [5.41, 5.74) is 0. The van der Waals surface area contributed by atoms with Crippen LogP contribution in [0.15, 0.2) is 29.9 Å². The minimum absolute atomic E-state index is 0.976. The number of rotatable bonds is 3. The van der Waals surface area contributed by atoms with Crippen molar-refractivity contribution in [2.75, 3.05) is 0 Å². The summed E-state index contributed by atoms with van der Waals surface area (Å²) in [6, 6.07) is 4.26. The maximum Gasteiger partial charge on any atom is 0.0623 e. The van der Waals surface area contributed by atoms with Crippen molar-refractivity contribution in [1.29, 1.82) is 0 Å². The molecule has 68 valence electrons. The fourth-order valence-electron chi connectivity index (χ4n) is 1.14. The third-order valence-corrected chi connectivity index (χ3v) is 3.26. The second kappa shape index (κ2) is 4.23. The maximum absolute atomic E-state index is 4.23. The molecule has 2 aromatic heterocycles. The molecule has 0 spiro atoms. The number of hydrogen-bond acceptors (Lipinski definition) is 2. The van der Waals surface area contributed by atoms with Gasteiger partial charge in [-0.2, -0.15) is 5.10 Å². The summed E-state index contributed by atoms with van der Waals surface area (Å²) < 4.78 is 3.19. The summed E-state index contributed by atoms with van der Waals surface area (Å²) in [6.45, 7) is 0.976. The molecule has 0 saturated heterocycles. The fraction of sp³-hybridized carbons (Fsp3) is 0.222. The molecular weight excluding hydrogens is 295 g/mol. The summed E-state index contributed by atoms with van der Waals surface area (Å²) in [4.78, 5) is 1.42. The highest BCUT2D eigenvalue weighted by molar-refractivity contribution is 14.1. The predicted octanol–water partition coefficient (Wildman–Crippen LogP) is 2.79. The van der Waals surface area contributed by atoms with Gasteiger partial charge in [0, 0.05) is 24.0 Å². The van der Waals surface area contributed by atoms with Crippen LogP contribution >= 0.6 is 33.9 Å². The number of aromatic nitrogens is 2. The first-order chi connectivity index (χ1) is 6.34. The molecule has 0 aliphatic carbocycles. The Morgan fingerprint density at radius 3 is 3.08 bits per heavy atom. The first kappa shape index (κ1) is 9.21. The van der Waals surface area contributed by atoms with Crippen LogP contribution in [-0.2, 0) is 13.0 Å². The lowest BCUT2D eigenvalue weighted by atomic mass is 10.3. The van der Waals surface area contributed by atoms with Crippen molar-refractivity contribution in [1.82, 2.24) is 9.78 Å². The van der Waals surface area contributed by atoms with Crippen molar-refractivity contribution in [3.63, 3.8) is 0 Å².